The highest BCUT2D eigenvalue weighted by molar-refractivity contribution is 8.05. The molecule has 0 spiro atoms. The highest BCUT2D eigenvalue weighted by atomic mass is 32.2. The van der Waals surface area contributed by atoms with E-state index in [1.165, 1.54) is 18.7 Å². The van der Waals surface area contributed by atoms with Gasteiger partial charge in [0.05, 0.1) is 4.91 Å². The SMILES string of the molecule is CC(=O)Nc1ccc(N2C(=O)/C(=C\c3cccc(Oc4ccccc4)c3)SC2c2ccccc2)cc1. The lowest BCUT2D eigenvalue weighted by Crippen LogP contribution is -2.27. The number of rotatable bonds is 6. The maximum atomic E-state index is 13.7. The third-order valence-electron chi connectivity index (χ3n) is 5.59. The van der Waals surface area contributed by atoms with Gasteiger partial charge in [-0.15, -0.1) is 0 Å². The highest BCUT2D eigenvalue weighted by Crippen LogP contribution is 2.48. The molecule has 1 aliphatic heterocycles. The third kappa shape index (κ3) is 5.34. The summed E-state index contributed by atoms with van der Waals surface area (Å²) in [4.78, 5) is 27.5. The molecule has 0 bridgehead atoms. The van der Waals surface area contributed by atoms with E-state index in [9.17, 15) is 9.59 Å². The molecule has 1 atom stereocenters. The second-order valence-electron chi connectivity index (χ2n) is 8.28. The predicted molar refractivity (Wildman–Crippen MR) is 146 cm³/mol. The molecular weight excluding hydrogens is 468 g/mol. The Hall–Kier alpha value is -4.29. The van der Waals surface area contributed by atoms with E-state index < -0.39 is 0 Å². The Morgan fingerprint density at radius 2 is 1.53 bits per heavy atom. The molecule has 1 fully saturated rings. The number of anilines is 2. The Balaban J connectivity index is 1.46. The number of hydrogen-bond acceptors (Lipinski definition) is 4. The van der Waals surface area contributed by atoms with Gasteiger partial charge < -0.3 is 10.1 Å². The van der Waals surface area contributed by atoms with Crippen LogP contribution in [0.15, 0.2) is 114 Å². The van der Waals surface area contributed by atoms with Crippen LogP contribution in [0.3, 0.4) is 0 Å². The fraction of sp³-hybridized carbons (Fsp3) is 0.0667. The predicted octanol–water partition coefficient (Wildman–Crippen LogP) is 7.26. The number of nitrogens with zero attached hydrogens (tertiary/aromatic N) is 1. The van der Waals surface area contributed by atoms with Gasteiger partial charge in [0, 0.05) is 18.3 Å². The summed E-state index contributed by atoms with van der Waals surface area (Å²) < 4.78 is 5.97. The zero-order valence-electron chi connectivity index (χ0n) is 19.6. The zero-order chi connectivity index (χ0) is 24.9. The lowest BCUT2D eigenvalue weighted by Gasteiger charge is -2.24. The molecule has 0 aliphatic carbocycles. The molecule has 6 heteroatoms. The third-order valence-corrected chi connectivity index (χ3v) is 6.84. The van der Waals surface area contributed by atoms with Crippen LogP contribution in [-0.2, 0) is 9.59 Å². The van der Waals surface area contributed by atoms with E-state index in [4.69, 9.17) is 4.74 Å². The summed E-state index contributed by atoms with van der Waals surface area (Å²) in [7, 11) is 0. The number of para-hydroxylation sites is 1. The van der Waals surface area contributed by atoms with Gasteiger partial charge >= 0.3 is 0 Å². The number of carbonyl (C=O) groups is 2. The van der Waals surface area contributed by atoms with Gasteiger partial charge in [-0.25, -0.2) is 0 Å². The van der Waals surface area contributed by atoms with Crippen LogP contribution < -0.4 is 15.0 Å². The number of ether oxygens (including phenoxy) is 1. The fourth-order valence-electron chi connectivity index (χ4n) is 3.98. The standard InChI is InChI=1S/C30H24N2O3S/c1-21(33)31-24-15-17-25(18-16-24)32-29(34)28(36-30(32)23-10-4-2-5-11-23)20-22-9-8-14-27(19-22)35-26-12-6-3-7-13-26/h2-20,30H,1H3,(H,31,33)/b28-20+. The minimum absolute atomic E-state index is 0.0736. The van der Waals surface area contributed by atoms with E-state index in [2.05, 4.69) is 5.32 Å². The van der Waals surface area contributed by atoms with Gasteiger partial charge in [0.1, 0.15) is 16.9 Å². The van der Waals surface area contributed by atoms with Crippen LogP contribution in [0.25, 0.3) is 6.08 Å². The van der Waals surface area contributed by atoms with E-state index in [1.807, 2.05) is 115 Å². The first-order valence-electron chi connectivity index (χ1n) is 11.5. The van der Waals surface area contributed by atoms with Crippen molar-refractivity contribution in [1.82, 2.24) is 0 Å². The van der Waals surface area contributed by atoms with Crippen LogP contribution in [-0.4, -0.2) is 11.8 Å². The van der Waals surface area contributed by atoms with E-state index >= 15 is 0 Å². The van der Waals surface area contributed by atoms with Crippen molar-refractivity contribution in [2.45, 2.75) is 12.3 Å². The first-order valence-corrected chi connectivity index (χ1v) is 12.4. The van der Waals surface area contributed by atoms with Crippen molar-refractivity contribution in [3.8, 4) is 11.5 Å². The molecule has 178 valence electrons. The van der Waals surface area contributed by atoms with Crippen molar-refractivity contribution in [3.05, 3.63) is 125 Å². The van der Waals surface area contributed by atoms with Crippen molar-refractivity contribution >= 4 is 41.0 Å². The van der Waals surface area contributed by atoms with Gasteiger partial charge in [-0.1, -0.05) is 72.4 Å². The summed E-state index contributed by atoms with van der Waals surface area (Å²) in [6.45, 7) is 1.47. The molecule has 4 aromatic carbocycles. The summed E-state index contributed by atoms with van der Waals surface area (Å²) in [5.74, 6) is 1.25. The smallest absolute Gasteiger partial charge is 0.266 e. The van der Waals surface area contributed by atoms with E-state index in [0.29, 0.717) is 16.3 Å². The van der Waals surface area contributed by atoms with Crippen LogP contribution >= 0.6 is 11.8 Å². The van der Waals surface area contributed by atoms with Crippen molar-refractivity contribution in [2.24, 2.45) is 0 Å². The van der Waals surface area contributed by atoms with E-state index in [1.54, 1.807) is 4.90 Å². The van der Waals surface area contributed by atoms with Gasteiger partial charge in [0.25, 0.3) is 5.91 Å². The number of hydrogen-bond donors (Lipinski definition) is 1. The lowest BCUT2D eigenvalue weighted by atomic mass is 10.1. The van der Waals surface area contributed by atoms with Crippen molar-refractivity contribution < 1.29 is 14.3 Å². The molecule has 5 rings (SSSR count). The average molecular weight is 493 g/mol. The number of amides is 2. The summed E-state index contributed by atoms with van der Waals surface area (Å²) in [6, 6.07) is 34.6. The molecule has 36 heavy (non-hydrogen) atoms. The second kappa shape index (κ2) is 10.5. The quantitative estimate of drug-likeness (QED) is 0.288. The minimum atomic E-state index is -0.208. The fourth-order valence-corrected chi connectivity index (χ4v) is 5.24. The monoisotopic (exact) mass is 492 g/mol. The summed E-state index contributed by atoms with van der Waals surface area (Å²) in [5, 5.41) is 2.56. The molecule has 0 aromatic heterocycles. The second-order valence-corrected chi connectivity index (χ2v) is 9.40. The van der Waals surface area contributed by atoms with Crippen LogP contribution in [0.1, 0.15) is 23.4 Å². The Morgan fingerprint density at radius 3 is 2.22 bits per heavy atom. The van der Waals surface area contributed by atoms with Crippen LogP contribution in [0.2, 0.25) is 0 Å². The molecule has 1 unspecified atom stereocenters. The van der Waals surface area contributed by atoms with Crippen molar-refractivity contribution in [1.29, 1.82) is 0 Å². The van der Waals surface area contributed by atoms with Gasteiger partial charge in [-0.2, -0.15) is 0 Å². The molecule has 1 aliphatic rings. The summed E-state index contributed by atoms with van der Waals surface area (Å²) >= 11 is 1.52. The first-order chi connectivity index (χ1) is 17.6. The largest absolute Gasteiger partial charge is 0.457 e. The molecule has 4 aromatic rings. The molecule has 1 saturated heterocycles. The summed E-state index contributed by atoms with van der Waals surface area (Å²) in [6.07, 6.45) is 1.91. The summed E-state index contributed by atoms with van der Waals surface area (Å²) in [5.41, 5.74) is 3.37. The number of benzene rings is 4. The number of nitrogens with one attached hydrogen (secondary N) is 1. The molecule has 5 nitrogen and oxygen atoms in total. The van der Waals surface area contributed by atoms with Gasteiger partial charge in [-0.3, -0.25) is 14.5 Å². The Labute approximate surface area is 214 Å². The Kier molecular flexibility index (Phi) is 6.87. The minimum Gasteiger partial charge on any atom is -0.457 e. The van der Waals surface area contributed by atoms with Crippen LogP contribution in [0, 0.1) is 0 Å². The maximum Gasteiger partial charge on any atom is 0.266 e. The van der Waals surface area contributed by atoms with Gasteiger partial charge in [0.15, 0.2) is 0 Å². The van der Waals surface area contributed by atoms with Gasteiger partial charge in [-0.05, 0) is 65.7 Å². The average Bonchev–Trinajstić information content (AvgIpc) is 3.21. The first kappa shape index (κ1) is 23.5. The maximum absolute atomic E-state index is 13.7. The zero-order valence-corrected chi connectivity index (χ0v) is 20.4. The lowest BCUT2D eigenvalue weighted by molar-refractivity contribution is -0.115. The van der Waals surface area contributed by atoms with Crippen molar-refractivity contribution in [3.63, 3.8) is 0 Å². The molecule has 1 N–H and O–H groups in total. The molecular formula is C30H24N2O3S. The number of carbonyl (C=O) groups excluding carboxylic acids is 2. The van der Waals surface area contributed by atoms with Crippen molar-refractivity contribution in [2.75, 3.05) is 10.2 Å². The van der Waals surface area contributed by atoms with Crippen LogP contribution in [0.5, 0.6) is 11.5 Å². The number of thioether (sulfide) groups is 1. The molecule has 0 saturated carbocycles. The van der Waals surface area contributed by atoms with E-state index in [0.717, 1.165) is 22.6 Å². The Bertz CT molecular complexity index is 1400. The molecule has 1 heterocycles. The van der Waals surface area contributed by atoms with E-state index in [-0.39, 0.29) is 17.2 Å². The van der Waals surface area contributed by atoms with Gasteiger partial charge in [0.2, 0.25) is 5.91 Å². The topological polar surface area (TPSA) is 58.6 Å². The highest BCUT2D eigenvalue weighted by Gasteiger charge is 2.38. The normalized spacial score (nSPS) is 16.2. The Morgan fingerprint density at radius 1 is 0.861 bits per heavy atom. The molecule has 2 amide bonds. The van der Waals surface area contributed by atoms with Crippen LogP contribution in [0.4, 0.5) is 11.4 Å². The molecule has 0 radical (unpaired) electrons.